The highest BCUT2D eigenvalue weighted by Gasteiger charge is 2.25. The number of amides is 2. The number of anilines is 1. The summed E-state index contributed by atoms with van der Waals surface area (Å²) >= 11 is 1.54. The van der Waals surface area contributed by atoms with E-state index in [0.29, 0.717) is 17.7 Å². The van der Waals surface area contributed by atoms with Gasteiger partial charge in [-0.1, -0.05) is 12.1 Å². The third kappa shape index (κ3) is 6.95. The van der Waals surface area contributed by atoms with Crippen molar-refractivity contribution >= 4 is 35.4 Å². The third-order valence-corrected chi connectivity index (χ3v) is 4.01. The molecule has 0 spiro atoms. The lowest BCUT2D eigenvalue weighted by Crippen LogP contribution is -2.46. The van der Waals surface area contributed by atoms with E-state index in [9.17, 15) is 19.5 Å². The summed E-state index contributed by atoms with van der Waals surface area (Å²) in [6, 6.07) is 4.01. The number of nitrogens with one attached hydrogen (secondary N) is 2. The highest BCUT2D eigenvalue weighted by atomic mass is 32.2. The van der Waals surface area contributed by atoms with Crippen molar-refractivity contribution in [3.63, 3.8) is 0 Å². The van der Waals surface area contributed by atoms with Crippen molar-refractivity contribution in [2.45, 2.75) is 45.8 Å². The number of carboxylic acid groups (broad SMARTS) is 1. The summed E-state index contributed by atoms with van der Waals surface area (Å²) in [5, 5.41) is 14.5. The second-order valence-electron chi connectivity index (χ2n) is 6.77. The van der Waals surface area contributed by atoms with E-state index >= 15 is 0 Å². The minimum absolute atomic E-state index is 0.0294. The minimum atomic E-state index is -1.13. The molecule has 0 saturated carbocycles. The monoisotopic (exact) mass is 382 g/mol. The molecule has 26 heavy (non-hydrogen) atoms. The Labute approximate surface area is 157 Å². The third-order valence-electron chi connectivity index (χ3n) is 3.36. The average molecular weight is 382 g/mol. The first-order valence-corrected chi connectivity index (χ1v) is 9.56. The van der Waals surface area contributed by atoms with Crippen molar-refractivity contribution in [1.82, 2.24) is 5.32 Å². The van der Waals surface area contributed by atoms with E-state index in [-0.39, 0.29) is 11.3 Å². The quantitative estimate of drug-likeness (QED) is 0.668. The summed E-state index contributed by atoms with van der Waals surface area (Å²) in [5.74, 6) is -0.967. The number of ether oxygens (including phenoxy) is 1. The molecular formula is C18H26N2O5S. The van der Waals surface area contributed by atoms with Crippen molar-refractivity contribution in [3.05, 3.63) is 29.3 Å². The Morgan fingerprint density at radius 1 is 1.27 bits per heavy atom. The first-order chi connectivity index (χ1) is 12.0. The Morgan fingerprint density at radius 2 is 1.92 bits per heavy atom. The van der Waals surface area contributed by atoms with Crippen molar-refractivity contribution in [1.29, 1.82) is 0 Å². The number of alkyl carbamates (subject to hydrolysis) is 1. The van der Waals surface area contributed by atoms with Crippen LogP contribution in [0.3, 0.4) is 0 Å². The number of carbonyl (C=O) groups excluding carboxylic acids is 2. The number of aromatic carboxylic acids is 1. The summed E-state index contributed by atoms with van der Waals surface area (Å²) < 4.78 is 5.20. The Hall–Kier alpha value is -2.22. The molecule has 1 rings (SSSR count). The number of hydrogen-bond acceptors (Lipinski definition) is 5. The van der Waals surface area contributed by atoms with Crippen LogP contribution in [0.5, 0.6) is 0 Å². The number of carboxylic acids is 1. The predicted molar refractivity (Wildman–Crippen MR) is 103 cm³/mol. The largest absolute Gasteiger partial charge is 0.478 e. The van der Waals surface area contributed by atoms with Gasteiger partial charge in [0, 0.05) is 0 Å². The number of carbonyl (C=O) groups is 3. The van der Waals surface area contributed by atoms with Gasteiger partial charge in [-0.05, 0) is 57.8 Å². The summed E-state index contributed by atoms with van der Waals surface area (Å²) in [4.78, 5) is 36.1. The Bertz CT molecular complexity index is 670. The summed E-state index contributed by atoms with van der Waals surface area (Å²) in [6.45, 7) is 6.85. The maximum Gasteiger partial charge on any atom is 0.408 e. The van der Waals surface area contributed by atoms with Crippen LogP contribution < -0.4 is 10.6 Å². The number of benzene rings is 1. The molecule has 1 aromatic rings. The molecule has 0 fully saturated rings. The van der Waals surface area contributed by atoms with Gasteiger partial charge in [0.25, 0.3) is 0 Å². The molecule has 1 aromatic carbocycles. The molecule has 0 heterocycles. The van der Waals surface area contributed by atoms with Gasteiger partial charge in [0.15, 0.2) is 0 Å². The maximum absolute atomic E-state index is 12.6. The molecule has 0 aliphatic carbocycles. The Balaban J connectivity index is 2.95. The standard InChI is InChI=1S/C18H26N2O5S/c1-11-7-6-8-12(14(11)16(22)23)19-15(21)13(9-10-26-5)20-17(24)25-18(2,3)4/h6-8,13H,9-10H2,1-5H3,(H,19,21)(H,20,24)(H,22,23)/t13-/m0/s1. The van der Waals surface area contributed by atoms with Crippen LogP contribution in [-0.4, -0.2) is 46.7 Å². The second kappa shape index (κ2) is 9.47. The zero-order chi connectivity index (χ0) is 19.9. The minimum Gasteiger partial charge on any atom is -0.478 e. The lowest BCUT2D eigenvalue weighted by atomic mass is 10.1. The topological polar surface area (TPSA) is 105 Å². The molecule has 7 nitrogen and oxygen atoms in total. The SMILES string of the molecule is CSCC[C@H](NC(=O)OC(C)(C)C)C(=O)Nc1cccc(C)c1C(=O)O. The van der Waals surface area contributed by atoms with Crippen molar-refractivity contribution in [3.8, 4) is 0 Å². The molecule has 0 unspecified atom stereocenters. The number of aryl methyl sites for hydroxylation is 1. The fourth-order valence-electron chi connectivity index (χ4n) is 2.23. The van der Waals surface area contributed by atoms with Crippen LogP contribution in [0.4, 0.5) is 10.5 Å². The molecule has 0 radical (unpaired) electrons. The second-order valence-corrected chi connectivity index (χ2v) is 7.76. The van der Waals surface area contributed by atoms with Gasteiger partial charge < -0.3 is 20.5 Å². The predicted octanol–water partition coefficient (Wildman–Crippen LogP) is 3.28. The Morgan fingerprint density at radius 3 is 2.46 bits per heavy atom. The number of thioether (sulfide) groups is 1. The lowest BCUT2D eigenvalue weighted by molar-refractivity contribution is -0.118. The molecule has 0 saturated heterocycles. The van der Waals surface area contributed by atoms with Gasteiger partial charge in [-0.15, -0.1) is 0 Å². The molecule has 2 amide bonds. The molecule has 0 aromatic heterocycles. The highest BCUT2D eigenvalue weighted by Crippen LogP contribution is 2.20. The van der Waals surface area contributed by atoms with Gasteiger partial charge in [-0.25, -0.2) is 9.59 Å². The van der Waals surface area contributed by atoms with Crippen molar-refractivity contribution < 1.29 is 24.2 Å². The molecule has 8 heteroatoms. The fraction of sp³-hybridized carbons (Fsp3) is 0.500. The maximum atomic E-state index is 12.6. The Kier molecular flexibility index (Phi) is 7.95. The van der Waals surface area contributed by atoms with Gasteiger partial charge in [-0.2, -0.15) is 11.8 Å². The first kappa shape index (κ1) is 21.8. The number of hydrogen-bond donors (Lipinski definition) is 3. The van der Waals surface area contributed by atoms with Crippen molar-refractivity contribution in [2.75, 3.05) is 17.3 Å². The molecule has 0 bridgehead atoms. The van der Waals surface area contributed by atoms with Gasteiger partial charge in [-0.3, -0.25) is 4.79 Å². The van der Waals surface area contributed by atoms with Crippen LogP contribution in [0, 0.1) is 6.92 Å². The van der Waals surface area contributed by atoms with E-state index in [1.54, 1.807) is 39.8 Å². The van der Waals surface area contributed by atoms with Gasteiger partial charge in [0.2, 0.25) is 5.91 Å². The zero-order valence-corrected chi connectivity index (χ0v) is 16.5. The fourth-order valence-corrected chi connectivity index (χ4v) is 2.70. The molecule has 3 N–H and O–H groups in total. The molecule has 0 aliphatic heterocycles. The highest BCUT2D eigenvalue weighted by molar-refractivity contribution is 7.98. The summed E-state index contributed by atoms with van der Waals surface area (Å²) in [7, 11) is 0. The lowest BCUT2D eigenvalue weighted by Gasteiger charge is -2.23. The van der Waals surface area contributed by atoms with E-state index in [1.165, 1.54) is 17.8 Å². The van der Waals surface area contributed by atoms with E-state index in [1.807, 2.05) is 6.26 Å². The van der Waals surface area contributed by atoms with Gasteiger partial charge in [0.05, 0.1) is 11.3 Å². The average Bonchev–Trinajstić information content (AvgIpc) is 2.49. The van der Waals surface area contributed by atoms with E-state index in [2.05, 4.69) is 10.6 Å². The number of rotatable bonds is 7. The summed E-state index contributed by atoms with van der Waals surface area (Å²) in [6.07, 6.45) is 1.59. The normalized spacial score (nSPS) is 12.2. The van der Waals surface area contributed by atoms with Crippen LogP contribution in [0.15, 0.2) is 18.2 Å². The van der Waals surface area contributed by atoms with Gasteiger partial charge >= 0.3 is 12.1 Å². The van der Waals surface area contributed by atoms with Crippen LogP contribution >= 0.6 is 11.8 Å². The smallest absolute Gasteiger partial charge is 0.408 e. The van der Waals surface area contributed by atoms with Crippen LogP contribution in [0.1, 0.15) is 43.1 Å². The van der Waals surface area contributed by atoms with Crippen LogP contribution in [0.2, 0.25) is 0 Å². The van der Waals surface area contributed by atoms with Crippen LogP contribution in [-0.2, 0) is 9.53 Å². The van der Waals surface area contributed by atoms with Crippen LogP contribution in [0.25, 0.3) is 0 Å². The first-order valence-electron chi connectivity index (χ1n) is 8.17. The van der Waals surface area contributed by atoms with E-state index in [4.69, 9.17) is 4.74 Å². The molecular weight excluding hydrogens is 356 g/mol. The molecule has 0 aliphatic rings. The summed E-state index contributed by atoms with van der Waals surface area (Å²) in [5.41, 5.74) is 0.0814. The van der Waals surface area contributed by atoms with E-state index < -0.39 is 29.6 Å². The molecule has 1 atom stereocenters. The molecule has 144 valence electrons. The van der Waals surface area contributed by atoms with E-state index in [0.717, 1.165) is 0 Å². The zero-order valence-electron chi connectivity index (χ0n) is 15.7. The van der Waals surface area contributed by atoms with Crippen molar-refractivity contribution in [2.24, 2.45) is 0 Å². The van der Waals surface area contributed by atoms with Gasteiger partial charge in [0.1, 0.15) is 11.6 Å².